The molecule has 0 saturated heterocycles. The van der Waals surface area contributed by atoms with Gasteiger partial charge in [-0.15, -0.1) is 0 Å². The molecule has 0 amide bonds. The van der Waals surface area contributed by atoms with E-state index in [4.69, 9.17) is 0 Å². The van der Waals surface area contributed by atoms with E-state index in [9.17, 15) is 4.39 Å². The Balaban J connectivity index is 2.67. The summed E-state index contributed by atoms with van der Waals surface area (Å²) in [7, 11) is 2.06. The third kappa shape index (κ3) is 3.39. The average molecular weight is 260 g/mol. The van der Waals surface area contributed by atoms with Gasteiger partial charge in [0.2, 0.25) is 0 Å². The van der Waals surface area contributed by atoms with Crippen LogP contribution in [-0.4, -0.2) is 23.8 Å². The Morgan fingerprint density at radius 1 is 1.43 bits per heavy atom. The van der Waals surface area contributed by atoms with E-state index in [0.717, 1.165) is 24.0 Å². The van der Waals surface area contributed by atoms with E-state index < -0.39 is 0 Å². The Morgan fingerprint density at radius 3 is 2.71 bits per heavy atom. The molecule has 0 saturated carbocycles. The van der Waals surface area contributed by atoms with Crippen molar-refractivity contribution >= 4 is 15.9 Å². The van der Waals surface area contributed by atoms with Gasteiger partial charge in [0, 0.05) is 18.4 Å². The third-order valence-corrected chi connectivity index (χ3v) is 2.57. The van der Waals surface area contributed by atoms with E-state index >= 15 is 0 Å². The lowest BCUT2D eigenvalue weighted by Crippen LogP contribution is -2.20. The Labute approximate surface area is 93.0 Å². The Morgan fingerprint density at radius 2 is 2.14 bits per heavy atom. The predicted molar refractivity (Wildman–Crippen MR) is 61.3 cm³/mol. The lowest BCUT2D eigenvalue weighted by Gasteiger charge is -2.16. The molecule has 3 heteroatoms. The minimum atomic E-state index is -0.158. The Kier molecular flexibility index (Phi) is 4.55. The minimum Gasteiger partial charge on any atom is -0.301 e. The second kappa shape index (κ2) is 5.47. The summed E-state index contributed by atoms with van der Waals surface area (Å²) in [6, 6.07) is 4.96. The predicted octanol–water partition coefficient (Wildman–Crippen LogP) is 2.96. The highest BCUT2D eigenvalue weighted by molar-refractivity contribution is 9.09. The fourth-order valence-corrected chi connectivity index (χ4v) is 1.96. The molecule has 0 aromatic heterocycles. The topological polar surface area (TPSA) is 3.24 Å². The number of alkyl halides is 1. The molecule has 1 aromatic carbocycles. The van der Waals surface area contributed by atoms with E-state index in [2.05, 4.69) is 27.9 Å². The SMILES string of the molecule is Cc1cc(F)ccc1CN(C)CCBr. The highest BCUT2D eigenvalue weighted by atomic mass is 79.9. The van der Waals surface area contributed by atoms with Crippen LogP contribution in [0.15, 0.2) is 18.2 Å². The number of halogens is 2. The minimum absolute atomic E-state index is 0.158. The molecule has 0 N–H and O–H groups in total. The molecule has 1 rings (SSSR count). The summed E-state index contributed by atoms with van der Waals surface area (Å²) in [5, 5.41) is 0.962. The van der Waals surface area contributed by atoms with Crippen LogP contribution in [0.25, 0.3) is 0 Å². The highest BCUT2D eigenvalue weighted by Crippen LogP contribution is 2.11. The van der Waals surface area contributed by atoms with Gasteiger partial charge in [0.15, 0.2) is 0 Å². The fourth-order valence-electron chi connectivity index (χ4n) is 1.35. The third-order valence-electron chi connectivity index (χ3n) is 2.21. The monoisotopic (exact) mass is 259 g/mol. The Bertz CT molecular complexity index is 301. The molecule has 1 aromatic rings. The summed E-state index contributed by atoms with van der Waals surface area (Å²) in [5.41, 5.74) is 2.21. The molecular formula is C11H15BrFN. The highest BCUT2D eigenvalue weighted by Gasteiger charge is 2.03. The van der Waals surface area contributed by atoms with Crippen LogP contribution < -0.4 is 0 Å². The fraction of sp³-hybridized carbons (Fsp3) is 0.455. The van der Waals surface area contributed by atoms with Gasteiger partial charge in [-0.05, 0) is 37.2 Å². The van der Waals surface area contributed by atoms with Crippen LogP contribution in [0.2, 0.25) is 0 Å². The standard InChI is InChI=1S/C11H15BrFN/c1-9-7-11(13)4-3-10(9)8-14(2)6-5-12/h3-4,7H,5-6,8H2,1-2H3. The number of hydrogen-bond acceptors (Lipinski definition) is 1. The lowest BCUT2D eigenvalue weighted by molar-refractivity contribution is 0.348. The lowest BCUT2D eigenvalue weighted by atomic mass is 10.1. The van der Waals surface area contributed by atoms with Crippen molar-refractivity contribution in [2.45, 2.75) is 13.5 Å². The summed E-state index contributed by atoms with van der Waals surface area (Å²) in [4.78, 5) is 2.20. The van der Waals surface area contributed by atoms with Gasteiger partial charge < -0.3 is 4.90 Å². The van der Waals surface area contributed by atoms with Gasteiger partial charge in [-0.3, -0.25) is 0 Å². The molecule has 0 fully saturated rings. The van der Waals surface area contributed by atoms with Gasteiger partial charge in [-0.2, -0.15) is 0 Å². The van der Waals surface area contributed by atoms with Crippen LogP contribution in [-0.2, 0) is 6.54 Å². The van der Waals surface area contributed by atoms with Crippen molar-refractivity contribution in [2.24, 2.45) is 0 Å². The van der Waals surface area contributed by atoms with Crippen molar-refractivity contribution in [3.05, 3.63) is 35.1 Å². The van der Waals surface area contributed by atoms with Crippen LogP contribution in [0.1, 0.15) is 11.1 Å². The number of rotatable bonds is 4. The van der Waals surface area contributed by atoms with Gasteiger partial charge in [0.25, 0.3) is 0 Å². The maximum Gasteiger partial charge on any atom is 0.123 e. The van der Waals surface area contributed by atoms with Crippen molar-refractivity contribution in [1.29, 1.82) is 0 Å². The van der Waals surface area contributed by atoms with Crippen molar-refractivity contribution in [3.63, 3.8) is 0 Å². The van der Waals surface area contributed by atoms with Gasteiger partial charge in [0.05, 0.1) is 0 Å². The second-order valence-electron chi connectivity index (χ2n) is 3.50. The van der Waals surface area contributed by atoms with Crippen LogP contribution >= 0.6 is 15.9 Å². The largest absolute Gasteiger partial charge is 0.301 e. The van der Waals surface area contributed by atoms with E-state index in [1.54, 1.807) is 6.07 Å². The first-order valence-corrected chi connectivity index (χ1v) is 5.75. The Hall–Kier alpha value is -0.410. The molecule has 0 aliphatic carbocycles. The van der Waals surface area contributed by atoms with Gasteiger partial charge in [-0.25, -0.2) is 4.39 Å². The first-order valence-electron chi connectivity index (χ1n) is 4.63. The zero-order valence-corrected chi connectivity index (χ0v) is 10.1. The first-order chi connectivity index (χ1) is 6.63. The van der Waals surface area contributed by atoms with Crippen LogP contribution in [0.4, 0.5) is 4.39 Å². The molecule has 78 valence electrons. The maximum absolute atomic E-state index is 12.8. The van der Waals surface area contributed by atoms with Gasteiger partial charge in [-0.1, -0.05) is 22.0 Å². The quantitative estimate of drug-likeness (QED) is 0.752. The van der Waals surface area contributed by atoms with Crippen LogP contribution in [0, 0.1) is 12.7 Å². The van der Waals surface area contributed by atoms with Gasteiger partial charge in [0.1, 0.15) is 5.82 Å². The molecule has 0 unspecified atom stereocenters. The molecule has 0 spiro atoms. The number of aryl methyl sites for hydroxylation is 1. The molecule has 1 nitrogen and oxygen atoms in total. The zero-order chi connectivity index (χ0) is 10.6. The molecule has 0 radical (unpaired) electrons. The molecular weight excluding hydrogens is 245 g/mol. The van der Waals surface area contributed by atoms with Crippen molar-refractivity contribution < 1.29 is 4.39 Å². The number of hydrogen-bond donors (Lipinski definition) is 0. The molecule has 0 aliphatic heterocycles. The summed E-state index contributed by atoms with van der Waals surface area (Å²) < 4.78 is 12.8. The van der Waals surface area contributed by atoms with Gasteiger partial charge >= 0.3 is 0 Å². The average Bonchev–Trinajstić information content (AvgIpc) is 2.10. The van der Waals surface area contributed by atoms with Crippen LogP contribution in [0.5, 0.6) is 0 Å². The smallest absolute Gasteiger partial charge is 0.123 e. The van der Waals surface area contributed by atoms with Crippen LogP contribution in [0.3, 0.4) is 0 Å². The first kappa shape index (κ1) is 11.7. The van der Waals surface area contributed by atoms with Crippen molar-refractivity contribution in [3.8, 4) is 0 Å². The van der Waals surface area contributed by atoms with E-state index in [0.29, 0.717) is 0 Å². The molecule has 0 aliphatic rings. The van der Waals surface area contributed by atoms with E-state index in [1.807, 2.05) is 13.0 Å². The maximum atomic E-state index is 12.8. The number of benzene rings is 1. The normalized spacial score (nSPS) is 10.9. The van der Waals surface area contributed by atoms with Crippen molar-refractivity contribution in [1.82, 2.24) is 4.90 Å². The second-order valence-corrected chi connectivity index (χ2v) is 4.29. The summed E-state index contributed by atoms with van der Waals surface area (Å²) in [6.07, 6.45) is 0. The van der Waals surface area contributed by atoms with Crippen molar-refractivity contribution in [2.75, 3.05) is 18.9 Å². The molecule has 14 heavy (non-hydrogen) atoms. The molecule has 0 atom stereocenters. The summed E-state index contributed by atoms with van der Waals surface area (Å²) >= 11 is 3.39. The van der Waals surface area contributed by atoms with E-state index in [1.165, 1.54) is 11.6 Å². The summed E-state index contributed by atoms with van der Waals surface area (Å²) in [6.45, 7) is 3.81. The molecule has 0 bridgehead atoms. The summed E-state index contributed by atoms with van der Waals surface area (Å²) in [5.74, 6) is -0.158. The number of nitrogens with zero attached hydrogens (tertiary/aromatic N) is 1. The molecule has 0 heterocycles. The zero-order valence-electron chi connectivity index (χ0n) is 8.56. The van der Waals surface area contributed by atoms with E-state index in [-0.39, 0.29) is 5.82 Å².